The molecule has 1 fully saturated rings. The second kappa shape index (κ2) is 5.46. The molecule has 1 heterocycles. The SMILES string of the molecule is CC1(OCC(=O)O)CN(C(=O)Nc2ccc(F)cc2)C1. The van der Waals surface area contributed by atoms with Crippen molar-refractivity contribution in [3.8, 4) is 0 Å². The monoisotopic (exact) mass is 282 g/mol. The second-order valence-corrected chi connectivity index (χ2v) is 4.93. The van der Waals surface area contributed by atoms with Gasteiger partial charge in [0.25, 0.3) is 0 Å². The number of amides is 2. The normalized spacial score (nSPS) is 16.4. The van der Waals surface area contributed by atoms with Crippen LogP contribution in [0.2, 0.25) is 0 Å². The van der Waals surface area contributed by atoms with Crippen LogP contribution >= 0.6 is 0 Å². The predicted molar refractivity (Wildman–Crippen MR) is 69.0 cm³/mol. The van der Waals surface area contributed by atoms with Crippen molar-refractivity contribution < 1.29 is 23.8 Å². The fourth-order valence-electron chi connectivity index (χ4n) is 1.97. The summed E-state index contributed by atoms with van der Waals surface area (Å²) in [5.41, 5.74) is -0.130. The molecule has 6 nitrogen and oxygen atoms in total. The molecule has 108 valence electrons. The van der Waals surface area contributed by atoms with E-state index in [1.54, 1.807) is 6.92 Å². The number of carboxylic acids is 1. The highest BCUT2D eigenvalue weighted by atomic mass is 19.1. The summed E-state index contributed by atoms with van der Waals surface area (Å²) in [6.45, 7) is 1.99. The zero-order chi connectivity index (χ0) is 14.8. The van der Waals surface area contributed by atoms with Crippen molar-refractivity contribution in [2.75, 3.05) is 25.0 Å². The molecule has 1 aromatic rings. The fraction of sp³-hybridized carbons (Fsp3) is 0.385. The molecule has 20 heavy (non-hydrogen) atoms. The first-order valence-corrected chi connectivity index (χ1v) is 6.05. The van der Waals surface area contributed by atoms with Gasteiger partial charge in [-0.3, -0.25) is 0 Å². The number of hydrogen-bond acceptors (Lipinski definition) is 3. The maximum Gasteiger partial charge on any atom is 0.329 e. The van der Waals surface area contributed by atoms with Crippen molar-refractivity contribution in [2.24, 2.45) is 0 Å². The Bertz CT molecular complexity index is 512. The van der Waals surface area contributed by atoms with Gasteiger partial charge in [0.15, 0.2) is 0 Å². The number of carbonyl (C=O) groups excluding carboxylic acids is 1. The van der Waals surface area contributed by atoms with Crippen LogP contribution in [0.1, 0.15) is 6.92 Å². The van der Waals surface area contributed by atoms with Gasteiger partial charge < -0.3 is 20.1 Å². The summed E-state index contributed by atoms with van der Waals surface area (Å²) in [7, 11) is 0. The van der Waals surface area contributed by atoms with E-state index < -0.39 is 11.6 Å². The highest BCUT2D eigenvalue weighted by Crippen LogP contribution is 2.25. The Morgan fingerprint density at radius 1 is 1.40 bits per heavy atom. The van der Waals surface area contributed by atoms with Gasteiger partial charge in [0.05, 0.1) is 13.1 Å². The minimum atomic E-state index is -1.04. The maximum atomic E-state index is 12.7. The number of halogens is 1. The Kier molecular flexibility index (Phi) is 3.89. The van der Waals surface area contributed by atoms with Crippen molar-refractivity contribution in [1.29, 1.82) is 0 Å². The third kappa shape index (κ3) is 3.45. The van der Waals surface area contributed by atoms with E-state index >= 15 is 0 Å². The van der Waals surface area contributed by atoms with Gasteiger partial charge in [-0.2, -0.15) is 0 Å². The molecule has 1 aliphatic heterocycles. The van der Waals surface area contributed by atoms with Crippen LogP contribution in [0.15, 0.2) is 24.3 Å². The number of benzene rings is 1. The molecule has 0 aliphatic carbocycles. The number of ether oxygens (including phenoxy) is 1. The summed E-state index contributed by atoms with van der Waals surface area (Å²) in [6.07, 6.45) is 0. The van der Waals surface area contributed by atoms with E-state index in [-0.39, 0.29) is 18.5 Å². The smallest absolute Gasteiger partial charge is 0.329 e. The fourth-order valence-corrected chi connectivity index (χ4v) is 1.97. The molecule has 1 aromatic carbocycles. The second-order valence-electron chi connectivity index (χ2n) is 4.93. The quantitative estimate of drug-likeness (QED) is 0.878. The lowest BCUT2D eigenvalue weighted by molar-refractivity contribution is -0.159. The van der Waals surface area contributed by atoms with Gasteiger partial charge in [0.2, 0.25) is 0 Å². The highest BCUT2D eigenvalue weighted by Gasteiger charge is 2.42. The number of hydrogen-bond donors (Lipinski definition) is 2. The van der Waals surface area contributed by atoms with Crippen LogP contribution in [-0.2, 0) is 9.53 Å². The number of likely N-dealkylation sites (tertiary alicyclic amines) is 1. The average Bonchev–Trinajstić information content (AvgIpc) is 2.35. The number of rotatable bonds is 4. The molecule has 2 N–H and O–H groups in total. The summed E-state index contributed by atoms with van der Waals surface area (Å²) in [6, 6.07) is 5.12. The van der Waals surface area contributed by atoms with Gasteiger partial charge in [-0.25, -0.2) is 14.0 Å². The van der Waals surface area contributed by atoms with Gasteiger partial charge in [0.1, 0.15) is 18.0 Å². The van der Waals surface area contributed by atoms with Crippen LogP contribution in [0.25, 0.3) is 0 Å². The zero-order valence-electron chi connectivity index (χ0n) is 10.9. The summed E-state index contributed by atoms with van der Waals surface area (Å²) in [5.74, 6) is -1.41. The minimum Gasteiger partial charge on any atom is -0.480 e. The first-order valence-electron chi connectivity index (χ1n) is 6.05. The lowest BCUT2D eigenvalue weighted by Crippen LogP contribution is -2.64. The van der Waals surface area contributed by atoms with Gasteiger partial charge in [-0.05, 0) is 31.2 Å². The van der Waals surface area contributed by atoms with E-state index in [9.17, 15) is 14.0 Å². The van der Waals surface area contributed by atoms with E-state index in [0.717, 1.165) is 0 Å². The van der Waals surface area contributed by atoms with Crippen LogP contribution in [0.4, 0.5) is 14.9 Å². The molecule has 0 bridgehead atoms. The Morgan fingerprint density at radius 2 is 2.00 bits per heavy atom. The van der Waals surface area contributed by atoms with Gasteiger partial charge >= 0.3 is 12.0 Å². The van der Waals surface area contributed by atoms with Crippen molar-refractivity contribution >= 4 is 17.7 Å². The van der Waals surface area contributed by atoms with Crippen molar-refractivity contribution in [2.45, 2.75) is 12.5 Å². The van der Waals surface area contributed by atoms with E-state index in [1.165, 1.54) is 29.2 Å². The molecule has 0 unspecified atom stereocenters. The third-order valence-corrected chi connectivity index (χ3v) is 2.98. The van der Waals surface area contributed by atoms with Gasteiger partial charge in [0, 0.05) is 5.69 Å². The third-order valence-electron chi connectivity index (χ3n) is 2.98. The topological polar surface area (TPSA) is 78.9 Å². The Balaban J connectivity index is 1.81. The Morgan fingerprint density at radius 3 is 2.55 bits per heavy atom. The molecule has 1 saturated heterocycles. The first-order chi connectivity index (χ1) is 9.38. The van der Waals surface area contributed by atoms with Crippen LogP contribution in [0.5, 0.6) is 0 Å². The van der Waals surface area contributed by atoms with E-state index in [2.05, 4.69) is 5.32 Å². The molecule has 0 saturated carbocycles. The van der Waals surface area contributed by atoms with Crippen molar-refractivity contribution in [3.63, 3.8) is 0 Å². The molecule has 2 rings (SSSR count). The number of anilines is 1. The molecule has 2 amide bonds. The summed E-state index contributed by atoms with van der Waals surface area (Å²) >= 11 is 0. The Hall–Kier alpha value is -2.15. The maximum absolute atomic E-state index is 12.7. The van der Waals surface area contributed by atoms with E-state index in [1.807, 2.05) is 0 Å². The molecular weight excluding hydrogens is 267 g/mol. The average molecular weight is 282 g/mol. The van der Waals surface area contributed by atoms with Gasteiger partial charge in [-0.1, -0.05) is 0 Å². The first kappa shape index (κ1) is 14.3. The molecular formula is C13H15FN2O4. The molecule has 0 aromatic heterocycles. The summed E-state index contributed by atoms with van der Waals surface area (Å²) < 4.78 is 17.9. The number of nitrogens with one attached hydrogen (secondary N) is 1. The van der Waals surface area contributed by atoms with Crippen LogP contribution in [-0.4, -0.2) is 47.3 Å². The van der Waals surface area contributed by atoms with Crippen LogP contribution in [0.3, 0.4) is 0 Å². The molecule has 7 heteroatoms. The highest BCUT2D eigenvalue weighted by molar-refractivity contribution is 5.90. The number of nitrogens with zero attached hydrogens (tertiary/aromatic N) is 1. The standard InChI is InChI=1S/C13H15FN2O4/c1-13(20-6-11(17)18)7-16(8-13)12(19)15-10-4-2-9(14)3-5-10/h2-5H,6-8H2,1H3,(H,15,19)(H,17,18). The lowest BCUT2D eigenvalue weighted by Gasteiger charge is -2.46. The van der Waals surface area contributed by atoms with Crippen LogP contribution < -0.4 is 5.32 Å². The van der Waals surface area contributed by atoms with Crippen molar-refractivity contribution in [3.05, 3.63) is 30.1 Å². The number of aliphatic carboxylic acids is 1. The summed E-state index contributed by atoms with van der Waals surface area (Å²) in [5, 5.41) is 11.2. The molecule has 1 aliphatic rings. The van der Waals surface area contributed by atoms with Crippen LogP contribution in [0, 0.1) is 5.82 Å². The number of urea groups is 1. The molecule has 0 atom stereocenters. The molecule has 0 spiro atoms. The molecule has 0 radical (unpaired) electrons. The number of carbonyl (C=O) groups is 2. The van der Waals surface area contributed by atoms with E-state index in [4.69, 9.17) is 9.84 Å². The largest absolute Gasteiger partial charge is 0.480 e. The lowest BCUT2D eigenvalue weighted by atomic mass is 9.97. The Labute approximate surface area is 115 Å². The van der Waals surface area contributed by atoms with Gasteiger partial charge in [-0.15, -0.1) is 0 Å². The van der Waals surface area contributed by atoms with Crippen molar-refractivity contribution in [1.82, 2.24) is 4.90 Å². The number of carboxylic acid groups (broad SMARTS) is 1. The summed E-state index contributed by atoms with van der Waals surface area (Å²) in [4.78, 5) is 23.8. The minimum absolute atomic E-state index is 0.313. The predicted octanol–water partition coefficient (Wildman–Crippen LogP) is 1.53. The van der Waals surface area contributed by atoms with E-state index in [0.29, 0.717) is 18.8 Å². The zero-order valence-corrected chi connectivity index (χ0v) is 10.9.